The molecule has 2 rings (SSSR count). The summed E-state index contributed by atoms with van der Waals surface area (Å²) in [6.45, 7) is 6.37. The standard InChI is InChI=1S/C18H20BrNO2/c1-18(2,3)22-20-12-14-8-5-7-11-17(14)21-13-15-9-4-6-10-16(15)19/h4-12H,13H2,1-3H3/b20-12+. The van der Waals surface area contributed by atoms with Crippen molar-refractivity contribution in [2.24, 2.45) is 5.16 Å². The van der Waals surface area contributed by atoms with E-state index in [2.05, 4.69) is 21.1 Å². The van der Waals surface area contributed by atoms with E-state index in [1.165, 1.54) is 0 Å². The summed E-state index contributed by atoms with van der Waals surface area (Å²) in [5, 5.41) is 4.03. The molecule has 0 aliphatic heterocycles. The molecule has 116 valence electrons. The van der Waals surface area contributed by atoms with Gasteiger partial charge in [-0.05, 0) is 39.0 Å². The van der Waals surface area contributed by atoms with Crippen molar-refractivity contribution < 1.29 is 9.57 Å². The highest BCUT2D eigenvalue weighted by atomic mass is 79.9. The Morgan fingerprint density at radius 3 is 2.45 bits per heavy atom. The maximum absolute atomic E-state index is 5.91. The molecule has 0 aliphatic rings. The molecular formula is C18H20BrNO2. The Kier molecular flexibility index (Phi) is 5.61. The van der Waals surface area contributed by atoms with Crippen LogP contribution in [0.3, 0.4) is 0 Å². The Labute approximate surface area is 140 Å². The second-order valence-electron chi connectivity index (χ2n) is 5.86. The molecule has 0 fully saturated rings. The van der Waals surface area contributed by atoms with Crippen molar-refractivity contribution in [3.63, 3.8) is 0 Å². The fraction of sp³-hybridized carbons (Fsp3) is 0.278. The van der Waals surface area contributed by atoms with Gasteiger partial charge in [-0.25, -0.2) is 0 Å². The van der Waals surface area contributed by atoms with Gasteiger partial charge in [-0.2, -0.15) is 0 Å². The second kappa shape index (κ2) is 7.45. The van der Waals surface area contributed by atoms with Crippen molar-refractivity contribution in [3.05, 3.63) is 64.1 Å². The van der Waals surface area contributed by atoms with E-state index in [4.69, 9.17) is 9.57 Å². The summed E-state index contributed by atoms with van der Waals surface area (Å²) in [6.07, 6.45) is 1.68. The van der Waals surface area contributed by atoms with Crippen molar-refractivity contribution in [1.29, 1.82) is 0 Å². The quantitative estimate of drug-likeness (QED) is 0.542. The molecule has 0 heterocycles. The Bertz CT molecular complexity index is 648. The summed E-state index contributed by atoms with van der Waals surface area (Å²) in [5.74, 6) is 0.777. The smallest absolute Gasteiger partial charge is 0.129 e. The minimum Gasteiger partial charge on any atom is -0.488 e. The zero-order chi connectivity index (χ0) is 16.0. The number of benzene rings is 2. The van der Waals surface area contributed by atoms with Gasteiger partial charge < -0.3 is 9.57 Å². The zero-order valence-electron chi connectivity index (χ0n) is 13.0. The summed E-state index contributed by atoms with van der Waals surface area (Å²) in [5.41, 5.74) is 1.68. The fourth-order valence-corrected chi connectivity index (χ4v) is 2.13. The molecule has 0 aromatic heterocycles. The van der Waals surface area contributed by atoms with Crippen LogP contribution in [0, 0.1) is 0 Å². The first-order valence-electron chi connectivity index (χ1n) is 7.12. The summed E-state index contributed by atoms with van der Waals surface area (Å²) >= 11 is 3.53. The van der Waals surface area contributed by atoms with Crippen LogP contribution in [0.25, 0.3) is 0 Å². The molecule has 0 radical (unpaired) electrons. The molecule has 0 aliphatic carbocycles. The molecule has 0 unspecified atom stereocenters. The van der Waals surface area contributed by atoms with Gasteiger partial charge in [0.05, 0.1) is 6.21 Å². The SMILES string of the molecule is CC(C)(C)O/N=C/c1ccccc1OCc1ccccc1Br. The van der Waals surface area contributed by atoms with E-state index in [1.54, 1.807) is 6.21 Å². The van der Waals surface area contributed by atoms with Crippen LogP contribution in [0.15, 0.2) is 58.2 Å². The largest absolute Gasteiger partial charge is 0.488 e. The van der Waals surface area contributed by atoms with Crippen molar-refractivity contribution in [2.75, 3.05) is 0 Å². The molecule has 3 nitrogen and oxygen atoms in total. The Balaban J connectivity index is 2.07. The van der Waals surface area contributed by atoms with Gasteiger partial charge in [0.1, 0.15) is 18.0 Å². The van der Waals surface area contributed by atoms with Gasteiger partial charge in [0, 0.05) is 15.6 Å². The monoisotopic (exact) mass is 361 g/mol. The Morgan fingerprint density at radius 1 is 1.05 bits per heavy atom. The van der Waals surface area contributed by atoms with Crippen LogP contribution in [0.2, 0.25) is 0 Å². The van der Waals surface area contributed by atoms with Crippen LogP contribution in [0.5, 0.6) is 5.75 Å². The predicted octanol–water partition coefficient (Wildman–Crippen LogP) is 5.18. The third kappa shape index (κ3) is 5.19. The normalized spacial score (nSPS) is 11.6. The van der Waals surface area contributed by atoms with Crippen LogP contribution >= 0.6 is 15.9 Å². The van der Waals surface area contributed by atoms with E-state index < -0.39 is 0 Å². The highest BCUT2D eigenvalue weighted by Gasteiger charge is 2.10. The van der Waals surface area contributed by atoms with Crippen molar-refractivity contribution in [3.8, 4) is 5.75 Å². The van der Waals surface area contributed by atoms with Crippen LogP contribution in [0.4, 0.5) is 0 Å². The number of oxime groups is 1. The molecule has 0 saturated carbocycles. The van der Waals surface area contributed by atoms with Gasteiger partial charge in [-0.1, -0.05) is 51.4 Å². The summed E-state index contributed by atoms with van der Waals surface area (Å²) in [6, 6.07) is 15.8. The third-order valence-corrected chi connectivity index (χ3v) is 3.55. The van der Waals surface area contributed by atoms with Gasteiger partial charge in [0.25, 0.3) is 0 Å². The van der Waals surface area contributed by atoms with E-state index in [0.29, 0.717) is 6.61 Å². The lowest BCUT2D eigenvalue weighted by molar-refractivity contribution is 0.00197. The molecule has 22 heavy (non-hydrogen) atoms. The summed E-state index contributed by atoms with van der Waals surface area (Å²) < 4.78 is 6.95. The van der Waals surface area contributed by atoms with Crippen LogP contribution in [-0.2, 0) is 11.4 Å². The predicted molar refractivity (Wildman–Crippen MR) is 93.3 cm³/mol. The number of hydrogen-bond donors (Lipinski definition) is 0. The summed E-state index contributed by atoms with van der Waals surface area (Å²) in [7, 11) is 0. The van der Waals surface area contributed by atoms with E-state index in [1.807, 2.05) is 69.3 Å². The van der Waals surface area contributed by atoms with Gasteiger partial charge in [0.2, 0.25) is 0 Å². The first-order chi connectivity index (χ1) is 10.5. The minimum absolute atomic E-state index is 0.304. The zero-order valence-corrected chi connectivity index (χ0v) is 14.6. The Morgan fingerprint density at radius 2 is 1.73 bits per heavy atom. The van der Waals surface area contributed by atoms with Crippen LogP contribution in [-0.4, -0.2) is 11.8 Å². The first kappa shape index (κ1) is 16.6. The highest BCUT2D eigenvalue weighted by Crippen LogP contribution is 2.21. The molecule has 2 aromatic carbocycles. The topological polar surface area (TPSA) is 30.8 Å². The van der Waals surface area contributed by atoms with Crippen molar-refractivity contribution in [2.45, 2.75) is 33.0 Å². The van der Waals surface area contributed by atoms with Gasteiger partial charge in [0.15, 0.2) is 0 Å². The number of nitrogens with zero attached hydrogens (tertiary/aromatic N) is 1. The Hall–Kier alpha value is -1.81. The number of rotatable bonds is 5. The third-order valence-electron chi connectivity index (χ3n) is 2.78. The lowest BCUT2D eigenvalue weighted by atomic mass is 10.2. The van der Waals surface area contributed by atoms with E-state index in [9.17, 15) is 0 Å². The second-order valence-corrected chi connectivity index (χ2v) is 6.71. The first-order valence-corrected chi connectivity index (χ1v) is 7.92. The van der Waals surface area contributed by atoms with E-state index in [0.717, 1.165) is 21.3 Å². The summed E-state index contributed by atoms with van der Waals surface area (Å²) in [4.78, 5) is 5.38. The van der Waals surface area contributed by atoms with E-state index in [-0.39, 0.29) is 5.60 Å². The molecular weight excluding hydrogens is 342 g/mol. The maximum Gasteiger partial charge on any atom is 0.129 e. The van der Waals surface area contributed by atoms with Crippen molar-refractivity contribution in [1.82, 2.24) is 0 Å². The number of halogens is 1. The number of para-hydroxylation sites is 1. The molecule has 0 amide bonds. The molecule has 4 heteroatoms. The van der Waals surface area contributed by atoms with E-state index >= 15 is 0 Å². The molecule has 0 saturated heterocycles. The number of ether oxygens (including phenoxy) is 1. The maximum atomic E-state index is 5.91. The molecule has 0 bridgehead atoms. The van der Waals surface area contributed by atoms with Crippen LogP contribution < -0.4 is 4.74 Å². The highest BCUT2D eigenvalue weighted by molar-refractivity contribution is 9.10. The lowest BCUT2D eigenvalue weighted by Gasteiger charge is -2.15. The molecule has 0 N–H and O–H groups in total. The lowest BCUT2D eigenvalue weighted by Crippen LogP contribution is -2.15. The van der Waals surface area contributed by atoms with Gasteiger partial charge in [-0.15, -0.1) is 0 Å². The van der Waals surface area contributed by atoms with Gasteiger partial charge in [-0.3, -0.25) is 0 Å². The fourth-order valence-electron chi connectivity index (χ4n) is 1.73. The average molecular weight is 362 g/mol. The van der Waals surface area contributed by atoms with Crippen LogP contribution in [0.1, 0.15) is 31.9 Å². The van der Waals surface area contributed by atoms with Gasteiger partial charge >= 0.3 is 0 Å². The number of hydrogen-bond acceptors (Lipinski definition) is 3. The molecule has 2 aromatic rings. The molecule has 0 atom stereocenters. The molecule has 0 spiro atoms. The average Bonchev–Trinajstić information content (AvgIpc) is 2.46. The minimum atomic E-state index is -0.304. The van der Waals surface area contributed by atoms with Crippen molar-refractivity contribution >= 4 is 22.1 Å².